The number of nitrogens with zero attached hydrogens (tertiary/aromatic N) is 3. The van der Waals surface area contributed by atoms with E-state index in [4.69, 9.17) is 5.11 Å². The van der Waals surface area contributed by atoms with Gasteiger partial charge in [-0.05, 0) is 12.0 Å². The van der Waals surface area contributed by atoms with Crippen molar-refractivity contribution in [2.75, 3.05) is 6.54 Å². The second-order valence-corrected chi connectivity index (χ2v) is 6.11. The number of carbonyl (C=O) groups excluding carboxylic acids is 1. The number of carboxylic acids is 1. The first-order valence-electron chi connectivity index (χ1n) is 6.88. The Balaban J connectivity index is 1.89. The first kappa shape index (κ1) is 16.2. The summed E-state index contributed by atoms with van der Waals surface area (Å²) in [6, 6.07) is 1.78. The van der Waals surface area contributed by atoms with Gasteiger partial charge in [-0.15, -0.1) is 11.3 Å². The summed E-state index contributed by atoms with van der Waals surface area (Å²) in [6.45, 7) is 4.47. The molecule has 0 aliphatic carbocycles. The van der Waals surface area contributed by atoms with E-state index in [0.717, 1.165) is 5.69 Å². The van der Waals surface area contributed by atoms with Crippen molar-refractivity contribution in [1.29, 1.82) is 0 Å². The molecule has 1 amide bonds. The predicted octanol–water partition coefficient (Wildman–Crippen LogP) is 1.67. The molecule has 7 nitrogen and oxygen atoms in total. The Kier molecular flexibility index (Phi) is 4.92. The van der Waals surface area contributed by atoms with Crippen LogP contribution in [0.15, 0.2) is 11.4 Å². The monoisotopic (exact) mass is 322 g/mol. The number of rotatable bonds is 6. The van der Waals surface area contributed by atoms with Crippen LogP contribution in [-0.4, -0.2) is 38.3 Å². The summed E-state index contributed by atoms with van der Waals surface area (Å²) < 4.78 is 1.71. The Morgan fingerprint density at radius 3 is 2.68 bits per heavy atom. The molecule has 2 aromatic rings. The Labute approximate surface area is 132 Å². The molecule has 0 bridgehead atoms. The third-order valence-corrected chi connectivity index (χ3v) is 4.04. The molecular formula is C14H18N4O3S. The van der Waals surface area contributed by atoms with Crippen LogP contribution in [0.2, 0.25) is 0 Å². The second kappa shape index (κ2) is 6.69. The summed E-state index contributed by atoms with van der Waals surface area (Å²) in [5.74, 6) is -0.984. The van der Waals surface area contributed by atoms with E-state index in [-0.39, 0.29) is 11.6 Å². The number of aromatic nitrogens is 3. The minimum Gasteiger partial charge on any atom is -0.476 e. The molecule has 2 heterocycles. The highest BCUT2D eigenvalue weighted by molar-refractivity contribution is 7.09. The molecule has 0 radical (unpaired) electrons. The van der Waals surface area contributed by atoms with Gasteiger partial charge in [-0.2, -0.15) is 5.10 Å². The van der Waals surface area contributed by atoms with E-state index in [1.807, 2.05) is 20.9 Å². The maximum atomic E-state index is 12.0. The molecule has 118 valence electrons. The van der Waals surface area contributed by atoms with Gasteiger partial charge in [0.2, 0.25) is 0 Å². The average molecular weight is 322 g/mol. The maximum Gasteiger partial charge on any atom is 0.355 e. The summed E-state index contributed by atoms with van der Waals surface area (Å²) in [4.78, 5) is 26.7. The molecule has 2 rings (SSSR count). The fourth-order valence-corrected chi connectivity index (χ4v) is 2.80. The van der Waals surface area contributed by atoms with Gasteiger partial charge in [-0.1, -0.05) is 13.8 Å². The quantitative estimate of drug-likeness (QED) is 0.843. The number of thiazole rings is 1. The predicted molar refractivity (Wildman–Crippen MR) is 82.4 cm³/mol. The number of carboxylic acid groups (broad SMARTS) is 1. The number of nitrogens with one attached hydrogen (secondary N) is 1. The van der Waals surface area contributed by atoms with Gasteiger partial charge in [0, 0.05) is 31.1 Å². The summed E-state index contributed by atoms with van der Waals surface area (Å²) in [6.07, 6.45) is 0.494. The molecule has 8 heteroatoms. The van der Waals surface area contributed by atoms with E-state index in [0.29, 0.717) is 29.6 Å². The average Bonchev–Trinajstić information content (AvgIpc) is 3.05. The van der Waals surface area contributed by atoms with Crippen molar-refractivity contribution < 1.29 is 14.7 Å². The molecule has 0 aliphatic rings. The van der Waals surface area contributed by atoms with Gasteiger partial charge in [0.1, 0.15) is 5.69 Å². The van der Waals surface area contributed by atoms with E-state index >= 15 is 0 Å². The summed E-state index contributed by atoms with van der Waals surface area (Å²) in [5, 5.41) is 17.9. The Hall–Kier alpha value is -2.22. The minimum atomic E-state index is -1.04. The zero-order valence-electron chi connectivity index (χ0n) is 12.7. The van der Waals surface area contributed by atoms with Gasteiger partial charge in [0.15, 0.2) is 5.69 Å². The van der Waals surface area contributed by atoms with Crippen molar-refractivity contribution in [1.82, 2.24) is 20.1 Å². The van der Waals surface area contributed by atoms with Crippen molar-refractivity contribution in [3.8, 4) is 0 Å². The van der Waals surface area contributed by atoms with Crippen LogP contribution in [0.5, 0.6) is 0 Å². The third-order valence-electron chi connectivity index (χ3n) is 3.14. The lowest BCUT2D eigenvalue weighted by Crippen LogP contribution is -2.26. The Morgan fingerprint density at radius 1 is 1.41 bits per heavy atom. The lowest BCUT2D eigenvalue weighted by Gasteiger charge is -2.02. The number of amides is 1. The van der Waals surface area contributed by atoms with Crippen LogP contribution < -0.4 is 5.32 Å². The van der Waals surface area contributed by atoms with Crippen molar-refractivity contribution in [2.24, 2.45) is 7.05 Å². The summed E-state index contributed by atoms with van der Waals surface area (Å²) >= 11 is 1.27. The molecule has 22 heavy (non-hydrogen) atoms. The van der Waals surface area contributed by atoms with E-state index in [2.05, 4.69) is 15.4 Å². The molecule has 2 aromatic heterocycles. The van der Waals surface area contributed by atoms with E-state index in [9.17, 15) is 9.59 Å². The highest BCUT2D eigenvalue weighted by Gasteiger charge is 2.14. The zero-order chi connectivity index (χ0) is 16.3. The number of aryl methyl sites for hydroxylation is 1. The van der Waals surface area contributed by atoms with Gasteiger partial charge in [0.25, 0.3) is 5.91 Å². The molecule has 0 saturated carbocycles. The lowest BCUT2D eigenvalue weighted by molar-refractivity contribution is 0.0690. The third kappa shape index (κ3) is 3.70. The van der Waals surface area contributed by atoms with Crippen molar-refractivity contribution in [3.05, 3.63) is 33.5 Å². The number of aromatic carboxylic acids is 1. The van der Waals surface area contributed by atoms with Crippen LogP contribution in [0.25, 0.3) is 0 Å². The molecule has 2 N–H and O–H groups in total. The first-order valence-corrected chi connectivity index (χ1v) is 7.76. The van der Waals surface area contributed by atoms with Gasteiger partial charge in [0.05, 0.1) is 5.01 Å². The second-order valence-electron chi connectivity index (χ2n) is 5.17. The molecule has 0 aliphatic heterocycles. The van der Waals surface area contributed by atoms with Gasteiger partial charge < -0.3 is 10.4 Å². The van der Waals surface area contributed by atoms with Crippen molar-refractivity contribution >= 4 is 23.2 Å². The largest absolute Gasteiger partial charge is 0.476 e. The molecular weight excluding hydrogens is 304 g/mol. The fraction of sp³-hybridized carbons (Fsp3) is 0.429. The van der Waals surface area contributed by atoms with Crippen LogP contribution >= 0.6 is 11.3 Å². The zero-order valence-corrected chi connectivity index (χ0v) is 13.5. The lowest BCUT2D eigenvalue weighted by atomic mass is 10.1. The maximum absolute atomic E-state index is 12.0. The normalized spacial score (nSPS) is 10.9. The van der Waals surface area contributed by atoms with Gasteiger partial charge in [-0.3, -0.25) is 9.48 Å². The van der Waals surface area contributed by atoms with Crippen molar-refractivity contribution in [2.45, 2.75) is 26.2 Å². The number of hydrogen-bond donors (Lipinski definition) is 2. The fourth-order valence-electron chi connectivity index (χ4n) is 2.03. The van der Waals surface area contributed by atoms with Gasteiger partial charge in [-0.25, -0.2) is 9.78 Å². The van der Waals surface area contributed by atoms with E-state index in [1.165, 1.54) is 16.7 Å². The van der Waals surface area contributed by atoms with Gasteiger partial charge >= 0.3 is 5.97 Å². The van der Waals surface area contributed by atoms with Crippen LogP contribution in [0.1, 0.15) is 51.4 Å². The van der Waals surface area contributed by atoms with E-state index in [1.54, 1.807) is 10.7 Å². The topological polar surface area (TPSA) is 97.1 Å². The summed E-state index contributed by atoms with van der Waals surface area (Å²) in [5.41, 5.74) is 1.42. The van der Waals surface area contributed by atoms with Crippen molar-refractivity contribution in [3.63, 3.8) is 0 Å². The standard InChI is InChI=1S/C14H18N4O3S/c1-8(2)11-6-9(17-18(11)3)13(19)15-5-4-12-16-10(7-22-12)14(20)21/h6-8H,4-5H2,1-3H3,(H,15,19)(H,20,21). The molecule has 0 atom stereocenters. The Morgan fingerprint density at radius 2 is 2.14 bits per heavy atom. The van der Waals surface area contributed by atoms with E-state index < -0.39 is 5.97 Å². The molecule has 0 fully saturated rings. The highest BCUT2D eigenvalue weighted by atomic mass is 32.1. The first-order chi connectivity index (χ1) is 10.4. The highest BCUT2D eigenvalue weighted by Crippen LogP contribution is 2.14. The molecule has 0 unspecified atom stereocenters. The number of carbonyl (C=O) groups is 2. The number of hydrogen-bond acceptors (Lipinski definition) is 5. The molecule has 0 aromatic carbocycles. The van der Waals surface area contributed by atoms with Crippen LogP contribution in [-0.2, 0) is 13.5 Å². The minimum absolute atomic E-state index is 0.0395. The summed E-state index contributed by atoms with van der Waals surface area (Å²) in [7, 11) is 1.81. The molecule has 0 saturated heterocycles. The molecule has 0 spiro atoms. The smallest absolute Gasteiger partial charge is 0.355 e. The van der Waals surface area contributed by atoms with Crippen LogP contribution in [0, 0.1) is 0 Å². The SMILES string of the molecule is CC(C)c1cc(C(=O)NCCc2nc(C(=O)O)cs2)nn1C. The Bertz CT molecular complexity index is 690. The van der Waals surface area contributed by atoms with Crippen LogP contribution in [0.3, 0.4) is 0 Å². The van der Waals surface area contributed by atoms with Crippen LogP contribution in [0.4, 0.5) is 0 Å².